The molecule has 1 aliphatic heterocycles. The molecule has 0 amide bonds. The molecule has 0 bridgehead atoms. The summed E-state index contributed by atoms with van der Waals surface area (Å²) in [7, 11) is 0. The molecule has 0 spiro atoms. The van der Waals surface area contributed by atoms with E-state index in [1.165, 1.54) is 0 Å². The van der Waals surface area contributed by atoms with Gasteiger partial charge >= 0.3 is 5.69 Å². The van der Waals surface area contributed by atoms with Crippen molar-refractivity contribution in [2.45, 2.75) is 39.0 Å². The summed E-state index contributed by atoms with van der Waals surface area (Å²) in [6, 6.07) is 25.3. The molecule has 2 atom stereocenters. The highest BCUT2D eigenvalue weighted by atomic mass is 16.5. The topological polar surface area (TPSA) is 75.8 Å². The molecule has 198 valence electrons. The third kappa shape index (κ3) is 5.60. The van der Waals surface area contributed by atoms with Crippen LogP contribution in [0.2, 0.25) is 0 Å². The number of phenolic OH excluding ortho intramolecular Hbond substituents is 1. The van der Waals surface area contributed by atoms with E-state index in [4.69, 9.17) is 4.74 Å². The zero-order valence-electron chi connectivity index (χ0n) is 22.0. The van der Waals surface area contributed by atoms with Gasteiger partial charge in [0.15, 0.2) is 0 Å². The van der Waals surface area contributed by atoms with Gasteiger partial charge in [-0.25, -0.2) is 14.0 Å². The molecule has 1 fully saturated rings. The molecule has 0 aliphatic carbocycles. The van der Waals surface area contributed by atoms with Gasteiger partial charge in [0.25, 0.3) is 0 Å². The second kappa shape index (κ2) is 11.6. The summed E-state index contributed by atoms with van der Waals surface area (Å²) >= 11 is 0. The van der Waals surface area contributed by atoms with Crippen molar-refractivity contribution in [1.29, 1.82) is 0 Å². The number of hydrogen-bond donors (Lipinski definition) is 1. The van der Waals surface area contributed by atoms with Crippen molar-refractivity contribution in [3.05, 3.63) is 101 Å². The van der Waals surface area contributed by atoms with Crippen LogP contribution in [0.4, 0.5) is 11.4 Å². The number of anilines is 2. The van der Waals surface area contributed by atoms with Crippen molar-refractivity contribution >= 4 is 11.4 Å². The highest BCUT2D eigenvalue weighted by Crippen LogP contribution is 2.24. The maximum absolute atomic E-state index is 13.3. The molecule has 1 aromatic heterocycles. The Kier molecular flexibility index (Phi) is 7.79. The summed E-state index contributed by atoms with van der Waals surface area (Å²) < 4.78 is 9.24. The SMILES string of the molecule is CCC([C@H](C)OCc1ccccc1)n1ncn(-c2ccc(N3CCN(c4ccc(O)cc4)CC3)cc2)c1=O. The number of phenols is 1. The highest BCUT2D eigenvalue weighted by Gasteiger charge is 2.23. The van der Waals surface area contributed by atoms with Crippen molar-refractivity contribution in [2.24, 2.45) is 0 Å². The predicted molar refractivity (Wildman–Crippen MR) is 150 cm³/mol. The average molecular weight is 514 g/mol. The zero-order chi connectivity index (χ0) is 26.5. The molecule has 1 unspecified atom stereocenters. The van der Waals surface area contributed by atoms with Gasteiger partial charge in [-0.2, -0.15) is 5.10 Å². The molecular formula is C30H35N5O3. The van der Waals surface area contributed by atoms with Gasteiger partial charge in [-0.15, -0.1) is 0 Å². The Hall–Kier alpha value is -4.04. The standard InChI is InChI=1S/C30H35N5O3/c1-3-29(23(2)38-21-24-7-5-4-6-8-24)35-30(37)34(22-31-35)27-11-9-25(10-12-27)32-17-19-33(20-18-32)26-13-15-28(36)16-14-26/h4-16,22-23,29,36H,3,17-21H2,1-2H3/t23-,29?/m0/s1. The van der Waals surface area contributed by atoms with Gasteiger partial charge in [0.2, 0.25) is 0 Å². The number of piperazine rings is 1. The van der Waals surface area contributed by atoms with E-state index >= 15 is 0 Å². The van der Waals surface area contributed by atoms with Crippen molar-refractivity contribution in [3.63, 3.8) is 0 Å². The van der Waals surface area contributed by atoms with Crippen LogP contribution in [0.5, 0.6) is 5.75 Å². The van der Waals surface area contributed by atoms with Crippen LogP contribution in [0.1, 0.15) is 31.9 Å². The first-order chi connectivity index (χ1) is 18.5. The lowest BCUT2D eigenvalue weighted by atomic mass is 10.1. The van der Waals surface area contributed by atoms with Gasteiger partial charge < -0.3 is 19.6 Å². The molecule has 2 heterocycles. The van der Waals surface area contributed by atoms with E-state index in [0.717, 1.165) is 55.2 Å². The van der Waals surface area contributed by atoms with Crippen LogP contribution in [-0.2, 0) is 11.3 Å². The monoisotopic (exact) mass is 513 g/mol. The van der Waals surface area contributed by atoms with E-state index in [9.17, 15) is 9.90 Å². The lowest BCUT2D eigenvalue weighted by Crippen LogP contribution is -2.46. The predicted octanol–water partition coefficient (Wildman–Crippen LogP) is 4.62. The summed E-state index contributed by atoms with van der Waals surface area (Å²) in [4.78, 5) is 18.0. The minimum atomic E-state index is -0.165. The lowest BCUT2D eigenvalue weighted by Gasteiger charge is -2.37. The fraction of sp³-hybridized carbons (Fsp3) is 0.333. The van der Waals surface area contributed by atoms with Gasteiger partial charge in [-0.1, -0.05) is 37.3 Å². The Balaban J connectivity index is 1.22. The van der Waals surface area contributed by atoms with E-state index in [1.807, 2.05) is 61.5 Å². The van der Waals surface area contributed by atoms with E-state index < -0.39 is 0 Å². The van der Waals surface area contributed by atoms with E-state index in [1.54, 1.807) is 27.7 Å². The van der Waals surface area contributed by atoms with Gasteiger partial charge in [-0.3, -0.25) is 0 Å². The smallest absolute Gasteiger partial charge is 0.350 e. The molecule has 0 radical (unpaired) electrons. The summed E-state index contributed by atoms with van der Waals surface area (Å²) in [5.74, 6) is 0.285. The number of benzene rings is 3. The van der Waals surface area contributed by atoms with Crippen LogP contribution in [0.25, 0.3) is 5.69 Å². The molecule has 4 aromatic rings. The number of aromatic nitrogens is 3. The van der Waals surface area contributed by atoms with Crippen LogP contribution in [-0.4, -0.2) is 51.7 Å². The summed E-state index contributed by atoms with van der Waals surface area (Å²) in [6.07, 6.45) is 2.17. The maximum Gasteiger partial charge on any atom is 0.350 e. The summed E-state index contributed by atoms with van der Waals surface area (Å²) in [5.41, 5.74) is 3.99. The van der Waals surface area contributed by atoms with Gasteiger partial charge in [0, 0.05) is 37.6 Å². The summed E-state index contributed by atoms with van der Waals surface area (Å²) in [6.45, 7) is 8.16. The van der Waals surface area contributed by atoms with Crippen LogP contribution in [0.15, 0.2) is 90.0 Å². The average Bonchev–Trinajstić information content (AvgIpc) is 3.34. The Bertz CT molecular complexity index is 1360. The second-order valence-electron chi connectivity index (χ2n) is 9.71. The van der Waals surface area contributed by atoms with E-state index in [0.29, 0.717) is 6.61 Å². The van der Waals surface area contributed by atoms with Crippen molar-refractivity contribution in [2.75, 3.05) is 36.0 Å². The van der Waals surface area contributed by atoms with Gasteiger partial charge in [0.1, 0.15) is 12.1 Å². The maximum atomic E-state index is 13.3. The number of rotatable bonds is 9. The normalized spacial score (nSPS) is 15.4. The van der Waals surface area contributed by atoms with Crippen LogP contribution < -0.4 is 15.5 Å². The Morgan fingerprint density at radius 2 is 1.39 bits per heavy atom. The van der Waals surface area contributed by atoms with Gasteiger partial charge in [0.05, 0.1) is 24.4 Å². The highest BCUT2D eigenvalue weighted by molar-refractivity contribution is 5.54. The van der Waals surface area contributed by atoms with Crippen molar-refractivity contribution < 1.29 is 9.84 Å². The zero-order valence-corrected chi connectivity index (χ0v) is 22.0. The number of ether oxygens (including phenoxy) is 1. The Morgan fingerprint density at radius 3 is 1.97 bits per heavy atom. The number of aromatic hydroxyl groups is 1. The molecule has 1 aliphatic rings. The van der Waals surface area contributed by atoms with Crippen LogP contribution in [0, 0.1) is 0 Å². The van der Waals surface area contributed by atoms with E-state index in [-0.39, 0.29) is 23.6 Å². The minimum absolute atomic E-state index is 0.156. The molecule has 1 saturated heterocycles. The molecular weight excluding hydrogens is 478 g/mol. The molecule has 8 nitrogen and oxygen atoms in total. The fourth-order valence-corrected chi connectivity index (χ4v) is 5.05. The second-order valence-corrected chi connectivity index (χ2v) is 9.71. The quantitative estimate of drug-likeness (QED) is 0.352. The fourth-order valence-electron chi connectivity index (χ4n) is 5.05. The third-order valence-electron chi connectivity index (χ3n) is 7.31. The minimum Gasteiger partial charge on any atom is -0.508 e. The first kappa shape index (κ1) is 25.6. The van der Waals surface area contributed by atoms with Crippen LogP contribution >= 0.6 is 0 Å². The first-order valence-electron chi connectivity index (χ1n) is 13.2. The largest absolute Gasteiger partial charge is 0.508 e. The van der Waals surface area contributed by atoms with E-state index in [2.05, 4.69) is 34.0 Å². The van der Waals surface area contributed by atoms with Crippen molar-refractivity contribution in [1.82, 2.24) is 14.3 Å². The number of hydrogen-bond acceptors (Lipinski definition) is 6. The first-order valence-corrected chi connectivity index (χ1v) is 13.2. The van der Waals surface area contributed by atoms with Crippen LogP contribution in [0.3, 0.4) is 0 Å². The van der Waals surface area contributed by atoms with Gasteiger partial charge in [-0.05, 0) is 67.4 Å². The molecule has 8 heteroatoms. The Morgan fingerprint density at radius 1 is 0.842 bits per heavy atom. The third-order valence-corrected chi connectivity index (χ3v) is 7.31. The molecule has 1 N–H and O–H groups in total. The molecule has 5 rings (SSSR count). The molecule has 38 heavy (non-hydrogen) atoms. The summed E-state index contributed by atoms with van der Waals surface area (Å²) in [5, 5.41) is 14.0. The molecule has 3 aromatic carbocycles. The van der Waals surface area contributed by atoms with Crippen molar-refractivity contribution in [3.8, 4) is 11.4 Å². The lowest BCUT2D eigenvalue weighted by molar-refractivity contribution is 0.0117. The molecule has 0 saturated carbocycles. The Labute approximate surface area is 223 Å². The number of nitrogens with zero attached hydrogens (tertiary/aromatic N) is 5.